The summed E-state index contributed by atoms with van der Waals surface area (Å²) in [4.78, 5) is 23.3. The van der Waals surface area contributed by atoms with Crippen LogP contribution in [0, 0.1) is 0 Å². The summed E-state index contributed by atoms with van der Waals surface area (Å²) in [5, 5.41) is 10.2. The second-order valence-electron chi connectivity index (χ2n) is 11.5. The zero-order valence-electron chi connectivity index (χ0n) is 25.1. The summed E-state index contributed by atoms with van der Waals surface area (Å²) in [5.41, 5.74) is 1.95. The maximum atomic E-state index is 12.0. The SMILES string of the molecule is CC(=O)NCCc1cccc2cccc(OCCCCOc3ccc4cccc(CCOC(=O)NC(C)(C)C)c4c3)c12. The van der Waals surface area contributed by atoms with Crippen LogP contribution in [-0.4, -0.2) is 43.9 Å². The van der Waals surface area contributed by atoms with E-state index < -0.39 is 6.09 Å². The molecule has 0 aromatic heterocycles. The fraction of sp³-hybridized carbons (Fsp3) is 0.371. The number of rotatable bonds is 13. The molecule has 0 aliphatic heterocycles. The third-order valence-electron chi connectivity index (χ3n) is 6.81. The Bertz CT molecular complexity index is 1500. The first-order chi connectivity index (χ1) is 20.2. The van der Waals surface area contributed by atoms with Gasteiger partial charge in [0.05, 0.1) is 19.8 Å². The third-order valence-corrected chi connectivity index (χ3v) is 6.81. The minimum Gasteiger partial charge on any atom is -0.494 e. The van der Waals surface area contributed by atoms with Crippen molar-refractivity contribution < 1.29 is 23.8 Å². The number of benzene rings is 4. The van der Waals surface area contributed by atoms with Crippen molar-refractivity contribution in [1.82, 2.24) is 10.6 Å². The lowest BCUT2D eigenvalue weighted by atomic mass is 10.0. The second kappa shape index (κ2) is 14.6. The Kier molecular flexibility index (Phi) is 10.7. The van der Waals surface area contributed by atoms with Gasteiger partial charge in [0.25, 0.3) is 0 Å². The number of nitrogens with one attached hydrogen (secondary N) is 2. The zero-order chi connectivity index (χ0) is 30.0. The molecule has 0 fully saturated rings. The predicted molar refractivity (Wildman–Crippen MR) is 168 cm³/mol. The van der Waals surface area contributed by atoms with Crippen LogP contribution in [0.1, 0.15) is 51.7 Å². The lowest BCUT2D eigenvalue weighted by molar-refractivity contribution is -0.118. The van der Waals surface area contributed by atoms with Gasteiger partial charge in [0.1, 0.15) is 11.5 Å². The summed E-state index contributed by atoms with van der Waals surface area (Å²) >= 11 is 0. The first kappa shape index (κ1) is 30.7. The number of amides is 2. The lowest BCUT2D eigenvalue weighted by Crippen LogP contribution is -2.41. The molecule has 7 heteroatoms. The molecule has 0 radical (unpaired) electrons. The monoisotopic (exact) mass is 570 g/mol. The van der Waals surface area contributed by atoms with Crippen molar-refractivity contribution in [2.45, 2.75) is 58.9 Å². The Balaban J connectivity index is 1.27. The molecular weight excluding hydrogens is 528 g/mol. The highest BCUT2D eigenvalue weighted by molar-refractivity contribution is 5.91. The highest BCUT2D eigenvalue weighted by atomic mass is 16.5. The van der Waals surface area contributed by atoms with Crippen molar-refractivity contribution >= 4 is 33.5 Å². The van der Waals surface area contributed by atoms with Gasteiger partial charge in [-0.3, -0.25) is 4.79 Å². The number of carbonyl (C=O) groups is 2. The van der Waals surface area contributed by atoms with Gasteiger partial charge in [-0.1, -0.05) is 54.6 Å². The van der Waals surface area contributed by atoms with Crippen LogP contribution in [0.2, 0.25) is 0 Å². The largest absolute Gasteiger partial charge is 0.494 e. The standard InChI is InChI=1S/C35H42N2O5/c1-25(38)36-20-18-29-13-8-12-28-14-9-15-32(33(28)29)41-22-6-5-21-40-30-17-16-26-10-7-11-27(31(26)24-30)19-23-42-34(39)37-35(2,3)4/h7-17,24H,5-6,18-23H2,1-4H3,(H,36,38)(H,37,39). The van der Waals surface area contributed by atoms with E-state index >= 15 is 0 Å². The topological polar surface area (TPSA) is 85.9 Å². The van der Waals surface area contributed by atoms with Crippen molar-refractivity contribution in [2.24, 2.45) is 0 Å². The van der Waals surface area contributed by atoms with Gasteiger partial charge < -0.3 is 24.8 Å². The normalized spacial score (nSPS) is 11.3. The molecule has 0 spiro atoms. The van der Waals surface area contributed by atoms with Gasteiger partial charge in [-0.05, 0) is 85.5 Å². The first-order valence-corrected chi connectivity index (χ1v) is 14.7. The highest BCUT2D eigenvalue weighted by Crippen LogP contribution is 2.30. The number of fused-ring (bicyclic) bond motifs is 2. The molecule has 0 bridgehead atoms. The maximum absolute atomic E-state index is 12.0. The Morgan fingerprint density at radius 1 is 0.762 bits per heavy atom. The van der Waals surface area contributed by atoms with E-state index in [-0.39, 0.29) is 11.4 Å². The minimum atomic E-state index is -0.404. The number of alkyl carbamates (subject to hydrolysis) is 1. The van der Waals surface area contributed by atoms with Gasteiger partial charge >= 0.3 is 6.09 Å². The molecule has 0 saturated heterocycles. The van der Waals surface area contributed by atoms with E-state index in [0.717, 1.165) is 63.4 Å². The molecule has 4 aromatic rings. The van der Waals surface area contributed by atoms with Crippen LogP contribution in [0.15, 0.2) is 72.8 Å². The average Bonchev–Trinajstić information content (AvgIpc) is 2.94. The van der Waals surface area contributed by atoms with Gasteiger partial charge in [-0.15, -0.1) is 0 Å². The van der Waals surface area contributed by atoms with Crippen LogP contribution in [0.25, 0.3) is 21.5 Å². The molecule has 7 nitrogen and oxygen atoms in total. The molecule has 2 N–H and O–H groups in total. The number of carbonyl (C=O) groups excluding carboxylic acids is 2. The van der Waals surface area contributed by atoms with E-state index in [1.54, 1.807) is 0 Å². The summed E-state index contributed by atoms with van der Waals surface area (Å²) in [6.07, 6.45) is 2.68. The lowest BCUT2D eigenvalue weighted by Gasteiger charge is -2.20. The van der Waals surface area contributed by atoms with Gasteiger partial charge in [0.2, 0.25) is 5.91 Å². The van der Waals surface area contributed by atoms with E-state index in [1.165, 1.54) is 6.92 Å². The maximum Gasteiger partial charge on any atom is 0.407 e. The van der Waals surface area contributed by atoms with E-state index in [9.17, 15) is 9.59 Å². The Morgan fingerprint density at radius 2 is 1.45 bits per heavy atom. The number of unbranched alkanes of at least 4 members (excludes halogenated alkanes) is 1. The minimum absolute atomic E-state index is 0.0230. The number of hydrogen-bond acceptors (Lipinski definition) is 5. The van der Waals surface area contributed by atoms with E-state index in [0.29, 0.717) is 32.8 Å². The van der Waals surface area contributed by atoms with Crippen LogP contribution < -0.4 is 20.1 Å². The summed E-state index contributed by atoms with van der Waals surface area (Å²) in [7, 11) is 0. The van der Waals surface area contributed by atoms with E-state index in [4.69, 9.17) is 14.2 Å². The molecule has 0 aliphatic carbocycles. The van der Waals surface area contributed by atoms with Crippen molar-refractivity contribution in [3.8, 4) is 11.5 Å². The number of hydrogen-bond donors (Lipinski definition) is 2. The van der Waals surface area contributed by atoms with Gasteiger partial charge in [-0.25, -0.2) is 4.79 Å². The Hall–Kier alpha value is -4.26. The molecule has 2 amide bonds. The van der Waals surface area contributed by atoms with Crippen LogP contribution in [-0.2, 0) is 22.4 Å². The van der Waals surface area contributed by atoms with Crippen molar-refractivity contribution in [3.05, 3.63) is 83.9 Å². The van der Waals surface area contributed by atoms with Crippen LogP contribution in [0.4, 0.5) is 4.79 Å². The van der Waals surface area contributed by atoms with Crippen LogP contribution in [0.3, 0.4) is 0 Å². The van der Waals surface area contributed by atoms with E-state index in [1.807, 2.05) is 51.1 Å². The third kappa shape index (κ3) is 9.13. The van der Waals surface area contributed by atoms with Gasteiger partial charge in [0.15, 0.2) is 0 Å². The fourth-order valence-electron chi connectivity index (χ4n) is 4.88. The van der Waals surface area contributed by atoms with Crippen molar-refractivity contribution in [3.63, 3.8) is 0 Å². The molecule has 0 aliphatic rings. The number of ether oxygens (including phenoxy) is 3. The summed E-state index contributed by atoms with van der Waals surface area (Å²) in [6, 6.07) is 24.6. The second-order valence-corrected chi connectivity index (χ2v) is 11.5. The van der Waals surface area contributed by atoms with Crippen LogP contribution in [0.5, 0.6) is 11.5 Å². The quantitative estimate of drug-likeness (QED) is 0.170. The van der Waals surface area contributed by atoms with Gasteiger partial charge in [0, 0.05) is 30.8 Å². The highest BCUT2D eigenvalue weighted by Gasteiger charge is 2.14. The zero-order valence-corrected chi connectivity index (χ0v) is 25.1. The average molecular weight is 571 g/mol. The smallest absolute Gasteiger partial charge is 0.407 e. The summed E-state index contributed by atoms with van der Waals surface area (Å²) in [5.74, 6) is 1.67. The Labute approximate surface area is 248 Å². The molecule has 4 rings (SSSR count). The van der Waals surface area contributed by atoms with E-state index in [2.05, 4.69) is 53.1 Å². The summed E-state index contributed by atoms with van der Waals surface area (Å²) < 4.78 is 17.7. The molecule has 0 unspecified atom stereocenters. The molecule has 0 saturated carbocycles. The predicted octanol–water partition coefficient (Wildman–Crippen LogP) is 6.98. The molecule has 4 aromatic carbocycles. The molecule has 0 heterocycles. The summed E-state index contributed by atoms with van der Waals surface area (Å²) in [6.45, 7) is 9.39. The van der Waals surface area contributed by atoms with Crippen molar-refractivity contribution in [2.75, 3.05) is 26.4 Å². The molecule has 0 atom stereocenters. The molecular formula is C35H42N2O5. The van der Waals surface area contributed by atoms with Crippen molar-refractivity contribution in [1.29, 1.82) is 0 Å². The van der Waals surface area contributed by atoms with Crippen LogP contribution >= 0.6 is 0 Å². The first-order valence-electron chi connectivity index (χ1n) is 14.7. The van der Waals surface area contributed by atoms with Gasteiger partial charge in [-0.2, -0.15) is 0 Å². The molecule has 42 heavy (non-hydrogen) atoms. The molecule has 222 valence electrons. The fourth-order valence-corrected chi connectivity index (χ4v) is 4.88. The Morgan fingerprint density at radius 3 is 2.19 bits per heavy atom.